The van der Waals surface area contributed by atoms with Gasteiger partial charge in [-0.3, -0.25) is 4.79 Å². The van der Waals surface area contributed by atoms with E-state index in [0.29, 0.717) is 0 Å². The number of amides is 1. The number of thiol groups is 1. The Kier molecular flexibility index (Phi) is 6.42. The molecule has 106 valence electrons. The molecule has 1 aromatic rings. The van der Waals surface area contributed by atoms with E-state index in [-0.39, 0.29) is 12.2 Å². The van der Waals surface area contributed by atoms with Gasteiger partial charge in [-0.25, -0.2) is 4.79 Å². The van der Waals surface area contributed by atoms with Crippen LogP contribution in [0.4, 0.5) is 0 Å². The molecule has 0 radical (unpaired) electrons. The number of benzene rings is 1. The molecule has 0 unspecified atom stereocenters. The van der Waals surface area contributed by atoms with Gasteiger partial charge < -0.3 is 10.4 Å². The van der Waals surface area contributed by atoms with E-state index >= 15 is 0 Å². The summed E-state index contributed by atoms with van der Waals surface area (Å²) in [6, 6.07) is 6.90. The van der Waals surface area contributed by atoms with Gasteiger partial charge in [0.15, 0.2) is 0 Å². The number of carboxylic acids is 1. The minimum atomic E-state index is -1.19. The molecule has 8 heteroatoms. The fourth-order valence-electron chi connectivity index (χ4n) is 1.54. The molecule has 0 aromatic heterocycles. The fourth-order valence-corrected chi connectivity index (χ4v) is 1.79. The van der Waals surface area contributed by atoms with Crippen molar-refractivity contribution >= 4 is 24.5 Å². The number of carboxylic acid groups (broad SMARTS) is 1. The summed E-state index contributed by atoms with van der Waals surface area (Å²) >= 11 is 3.85. The van der Waals surface area contributed by atoms with Crippen LogP contribution in [-0.2, 0) is 16.0 Å². The smallest absolute Gasteiger partial charge is 0.327 e. The fraction of sp³-hybridized carbons (Fsp3) is 0.333. The zero-order valence-electron chi connectivity index (χ0n) is 10.5. The van der Waals surface area contributed by atoms with E-state index in [1.165, 1.54) is 0 Å². The summed E-state index contributed by atoms with van der Waals surface area (Å²) in [6.07, 6.45) is 0.204. The van der Waals surface area contributed by atoms with Crippen molar-refractivity contribution in [2.75, 3.05) is 5.75 Å². The molecule has 0 spiro atoms. The molecule has 7 nitrogen and oxygen atoms in total. The third-order valence-corrected chi connectivity index (χ3v) is 2.93. The molecule has 0 saturated carbocycles. The van der Waals surface area contributed by atoms with Crippen LogP contribution in [0.3, 0.4) is 0 Å². The predicted molar refractivity (Wildman–Crippen MR) is 76.5 cm³/mol. The largest absolute Gasteiger partial charge is 0.480 e. The van der Waals surface area contributed by atoms with E-state index in [0.717, 1.165) is 5.56 Å². The number of carbonyl (C=O) groups excluding carboxylic acids is 1. The van der Waals surface area contributed by atoms with Crippen LogP contribution >= 0.6 is 12.6 Å². The molecule has 0 aliphatic heterocycles. The Labute approximate surface area is 121 Å². The Bertz CT molecular complexity index is 517. The van der Waals surface area contributed by atoms with Crippen LogP contribution in [0.2, 0.25) is 0 Å². The number of azide groups is 1. The van der Waals surface area contributed by atoms with Crippen LogP contribution in [0, 0.1) is 0 Å². The Morgan fingerprint density at radius 1 is 1.40 bits per heavy atom. The predicted octanol–water partition coefficient (Wildman–Crippen LogP) is 1.41. The van der Waals surface area contributed by atoms with Gasteiger partial charge in [0.05, 0.1) is 0 Å². The van der Waals surface area contributed by atoms with Crippen molar-refractivity contribution in [1.82, 2.24) is 5.32 Å². The molecule has 0 aliphatic carbocycles. The van der Waals surface area contributed by atoms with Gasteiger partial charge in [0, 0.05) is 10.7 Å². The van der Waals surface area contributed by atoms with E-state index in [1.807, 2.05) is 6.07 Å². The molecule has 2 N–H and O–H groups in total. The summed E-state index contributed by atoms with van der Waals surface area (Å²) in [6.45, 7) is 0. The summed E-state index contributed by atoms with van der Waals surface area (Å²) < 4.78 is 0. The van der Waals surface area contributed by atoms with Gasteiger partial charge in [-0.2, -0.15) is 12.6 Å². The van der Waals surface area contributed by atoms with Crippen molar-refractivity contribution in [3.8, 4) is 0 Å². The van der Waals surface area contributed by atoms with E-state index in [4.69, 9.17) is 10.6 Å². The normalized spacial score (nSPS) is 12.8. The van der Waals surface area contributed by atoms with Crippen molar-refractivity contribution in [1.29, 1.82) is 0 Å². The first-order chi connectivity index (χ1) is 9.58. The highest BCUT2D eigenvalue weighted by Crippen LogP contribution is 2.07. The Hall–Kier alpha value is -2.18. The van der Waals surface area contributed by atoms with Gasteiger partial charge in [0.25, 0.3) is 0 Å². The summed E-state index contributed by atoms with van der Waals surface area (Å²) in [5, 5.41) is 14.6. The number of hydrogen-bond donors (Lipinski definition) is 3. The van der Waals surface area contributed by atoms with Crippen molar-refractivity contribution < 1.29 is 14.7 Å². The van der Waals surface area contributed by atoms with Gasteiger partial charge >= 0.3 is 5.97 Å². The SMILES string of the molecule is [N-]=[N+]=N[C@@H](Cc1ccccc1)C(=O)N[C@@H](CS)C(=O)O. The minimum absolute atomic E-state index is 0.0462. The van der Waals surface area contributed by atoms with Crippen LogP contribution in [0.1, 0.15) is 5.56 Å². The van der Waals surface area contributed by atoms with Crippen LogP contribution < -0.4 is 5.32 Å². The number of aliphatic carboxylic acids is 1. The van der Waals surface area contributed by atoms with E-state index < -0.39 is 24.0 Å². The summed E-state index contributed by atoms with van der Waals surface area (Å²) in [5.41, 5.74) is 9.33. The number of rotatable bonds is 7. The third-order valence-electron chi connectivity index (χ3n) is 2.56. The molecular weight excluding hydrogens is 280 g/mol. The monoisotopic (exact) mass is 294 g/mol. The van der Waals surface area contributed by atoms with E-state index in [9.17, 15) is 9.59 Å². The lowest BCUT2D eigenvalue weighted by molar-refractivity contribution is -0.141. The zero-order valence-corrected chi connectivity index (χ0v) is 11.4. The second-order valence-electron chi connectivity index (χ2n) is 3.99. The second-order valence-corrected chi connectivity index (χ2v) is 4.36. The molecule has 0 bridgehead atoms. The van der Waals surface area contributed by atoms with Gasteiger partial charge in [0.2, 0.25) is 5.91 Å². The lowest BCUT2D eigenvalue weighted by atomic mass is 10.1. The van der Waals surface area contributed by atoms with Crippen molar-refractivity contribution in [2.24, 2.45) is 5.11 Å². The minimum Gasteiger partial charge on any atom is -0.480 e. The average Bonchev–Trinajstić information content (AvgIpc) is 2.44. The molecule has 0 aliphatic rings. The van der Waals surface area contributed by atoms with Crippen molar-refractivity contribution in [3.63, 3.8) is 0 Å². The number of nitrogens with zero attached hydrogens (tertiary/aromatic N) is 3. The zero-order chi connectivity index (χ0) is 15.0. The van der Waals surface area contributed by atoms with Gasteiger partial charge in [-0.15, -0.1) is 0 Å². The van der Waals surface area contributed by atoms with Gasteiger partial charge in [-0.05, 0) is 17.5 Å². The maximum atomic E-state index is 11.9. The molecule has 2 atom stereocenters. The van der Waals surface area contributed by atoms with Gasteiger partial charge in [-0.1, -0.05) is 35.4 Å². The van der Waals surface area contributed by atoms with Gasteiger partial charge in [0.1, 0.15) is 12.1 Å². The highest BCUT2D eigenvalue weighted by Gasteiger charge is 2.23. The second kappa shape index (κ2) is 8.08. The molecule has 1 rings (SSSR count). The Morgan fingerprint density at radius 3 is 2.55 bits per heavy atom. The van der Waals surface area contributed by atoms with Crippen LogP contribution in [0.5, 0.6) is 0 Å². The first-order valence-corrected chi connectivity index (χ1v) is 6.44. The van der Waals surface area contributed by atoms with Crippen LogP contribution in [-0.4, -0.2) is 34.8 Å². The summed E-state index contributed by atoms with van der Waals surface area (Å²) in [7, 11) is 0. The number of carbonyl (C=O) groups is 2. The molecule has 0 heterocycles. The van der Waals surface area contributed by atoms with E-state index in [1.54, 1.807) is 24.3 Å². The van der Waals surface area contributed by atoms with Crippen molar-refractivity contribution in [3.05, 3.63) is 46.3 Å². The average molecular weight is 294 g/mol. The quantitative estimate of drug-likeness (QED) is 0.305. The van der Waals surface area contributed by atoms with Crippen LogP contribution in [0.25, 0.3) is 10.4 Å². The van der Waals surface area contributed by atoms with Crippen LogP contribution in [0.15, 0.2) is 35.4 Å². The number of hydrogen-bond acceptors (Lipinski definition) is 4. The van der Waals surface area contributed by atoms with Crippen molar-refractivity contribution in [2.45, 2.75) is 18.5 Å². The number of nitrogens with one attached hydrogen (secondary N) is 1. The lowest BCUT2D eigenvalue weighted by Crippen LogP contribution is -2.46. The Morgan fingerprint density at radius 2 is 2.05 bits per heavy atom. The molecule has 0 fully saturated rings. The highest BCUT2D eigenvalue weighted by molar-refractivity contribution is 7.80. The first kappa shape index (κ1) is 15.9. The molecule has 1 amide bonds. The highest BCUT2D eigenvalue weighted by atomic mass is 32.1. The topological polar surface area (TPSA) is 115 Å². The maximum Gasteiger partial charge on any atom is 0.327 e. The molecular formula is C12H14N4O3S. The first-order valence-electron chi connectivity index (χ1n) is 5.80. The lowest BCUT2D eigenvalue weighted by Gasteiger charge is -2.16. The summed E-state index contributed by atoms with van der Waals surface area (Å²) in [4.78, 5) is 25.4. The third kappa shape index (κ3) is 4.83. The molecule has 0 saturated heterocycles. The van der Waals surface area contributed by atoms with E-state index in [2.05, 4.69) is 28.0 Å². The Balaban J connectivity index is 2.78. The standard InChI is InChI=1S/C12H14N4O3S/c13-16-15-9(6-8-4-2-1-3-5-8)11(17)14-10(7-20)12(18)19/h1-5,9-10,20H,6-7H2,(H,14,17)(H,18,19)/t9-,10-/m0/s1. The maximum absolute atomic E-state index is 11.9. The summed E-state index contributed by atoms with van der Waals surface area (Å²) in [5.74, 6) is -1.86. The molecule has 1 aromatic carbocycles. The molecule has 20 heavy (non-hydrogen) atoms.